The lowest BCUT2D eigenvalue weighted by Gasteiger charge is -2.23. The van der Waals surface area contributed by atoms with E-state index < -0.39 is 0 Å². The van der Waals surface area contributed by atoms with Crippen molar-refractivity contribution >= 4 is 5.91 Å². The van der Waals surface area contributed by atoms with Gasteiger partial charge in [-0.15, -0.1) is 0 Å². The van der Waals surface area contributed by atoms with E-state index in [0.29, 0.717) is 0 Å². The van der Waals surface area contributed by atoms with Gasteiger partial charge in [-0.3, -0.25) is 10.1 Å². The second-order valence-corrected chi connectivity index (χ2v) is 2.70. The van der Waals surface area contributed by atoms with Gasteiger partial charge in [-0.2, -0.15) is 0 Å². The van der Waals surface area contributed by atoms with Gasteiger partial charge in [0.15, 0.2) is 0 Å². The molecule has 10 heavy (non-hydrogen) atoms. The van der Waals surface area contributed by atoms with Gasteiger partial charge in [-0.1, -0.05) is 0 Å². The standard InChI is InChI=1S/C7H14N2O/c1-6(10)9-7-4-2-3-5-8-7/h7-8H,2-5H2,1H3,(H,9,10). The average Bonchev–Trinajstić information content (AvgIpc) is 1.88. The molecule has 1 atom stereocenters. The third kappa shape index (κ3) is 2.35. The Bertz CT molecular complexity index is 119. The van der Waals surface area contributed by atoms with Crippen LogP contribution in [0.5, 0.6) is 0 Å². The highest BCUT2D eigenvalue weighted by atomic mass is 16.1. The predicted molar refractivity (Wildman–Crippen MR) is 39.5 cm³/mol. The highest BCUT2D eigenvalue weighted by molar-refractivity contribution is 5.73. The fourth-order valence-corrected chi connectivity index (χ4v) is 1.22. The third-order valence-corrected chi connectivity index (χ3v) is 1.69. The number of amides is 1. The topological polar surface area (TPSA) is 41.1 Å². The minimum Gasteiger partial charge on any atom is -0.341 e. The minimum atomic E-state index is 0.0550. The Labute approximate surface area is 61.2 Å². The summed E-state index contributed by atoms with van der Waals surface area (Å²) in [5.74, 6) is 0.0550. The van der Waals surface area contributed by atoms with Crippen molar-refractivity contribution in [1.82, 2.24) is 10.6 Å². The highest BCUT2D eigenvalue weighted by Gasteiger charge is 2.11. The van der Waals surface area contributed by atoms with Crippen LogP contribution in [0.1, 0.15) is 26.2 Å². The van der Waals surface area contributed by atoms with E-state index in [2.05, 4.69) is 10.6 Å². The summed E-state index contributed by atoms with van der Waals surface area (Å²) in [4.78, 5) is 10.6. The minimum absolute atomic E-state index is 0.0550. The Morgan fingerprint density at radius 1 is 1.60 bits per heavy atom. The largest absolute Gasteiger partial charge is 0.341 e. The molecule has 0 spiro atoms. The zero-order valence-corrected chi connectivity index (χ0v) is 6.31. The third-order valence-electron chi connectivity index (χ3n) is 1.69. The van der Waals surface area contributed by atoms with Crippen LogP contribution in [0.2, 0.25) is 0 Å². The summed E-state index contributed by atoms with van der Waals surface area (Å²) >= 11 is 0. The summed E-state index contributed by atoms with van der Waals surface area (Å²) in [7, 11) is 0. The number of carbonyl (C=O) groups is 1. The molecule has 1 unspecified atom stereocenters. The van der Waals surface area contributed by atoms with Gasteiger partial charge >= 0.3 is 0 Å². The van der Waals surface area contributed by atoms with Crippen LogP contribution in [0.15, 0.2) is 0 Å². The monoisotopic (exact) mass is 142 g/mol. The summed E-state index contributed by atoms with van der Waals surface area (Å²) in [6, 6.07) is 0. The van der Waals surface area contributed by atoms with Gasteiger partial charge in [-0.25, -0.2) is 0 Å². The zero-order chi connectivity index (χ0) is 7.40. The number of piperidine rings is 1. The van der Waals surface area contributed by atoms with Crippen molar-refractivity contribution in [2.45, 2.75) is 32.4 Å². The Hall–Kier alpha value is -0.570. The molecule has 3 nitrogen and oxygen atoms in total. The number of nitrogens with one attached hydrogen (secondary N) is 2. The van der Waals surface area contributed by atoms with Crippen LogP contribution in [0.25, 0.3) is 0 Å². The summed E-state index contributed by atoms with van der Waals surface area (Å²) in [5, 5.41) is 6.05. The molecule has 0 aromatic rings. The molecule has 1 aliphatic rings. The first kappa shape index (κ1) is 7.54. The highest BCUT2D eigenvalue weighted by Crippen LogP contribution is 2.03. The first-order valence-corrected chi connectivity index (χ1v) is 3.79. The molecule has 0 bridgehead atoms. The molecule has 1 rings (SSSR count). The first-order valence-electron chi connectivity index (χ1n) is 3.79. The van der Waals surface area contributed by atoms with E-state index >= 15 is 0 Å². The van der Waals surface area contributed by atoms with Crippen molar-refractivity contribution in [3.8, 4) is 0 Å². The molecule has 1 amide bonds. The molecular weight excluding hydrogens is 128 g/mol. The number of carbonyl (C=O) groups excluding carboxylic acids is 1. The smallest absolute Gasteiger partial charge is 0.218 e. The molecule has 0 saturated carbocycles. The quantitative estimate of drug-likeness (QED) is 0.550. The van der Waals surface area contributed by atoms with Crippen LogP contribution < -0.4 is 10.6 Å². The van der Waals surface area contributed by atoms with Crippen LogP contribution in [0, 0.1) is 0 Å². The van der Waals surface area contributed by atoms with Gasteiger partial charge in [0, 0.05) is 6.92 Å². The summed E-state index contributed by atoms with van der Waals surface area (Å²) in [5.41, 5.74) is 0. The number of hydrogen-bond donors (Lipinski definition) is 2. The van der Waals surface area contributed by atoms with Crippen molar-refractivity contribution in [3.63, 3.8) is 0 Å². The molecular formula is C7H14N2O. The van der Waals surface area contributed by atoms with E-state index in [1.54, 1.807) is 6.92 Å². The van der Waals surface area contributed by atoms with Crippen molar-refractivity contribution in [2.75, 3.05) is 6.54 Å². The van der Waals surface area contributed by atoms with Crippen LogP contribution >= 0.6 is 0 Å². The second-order valence-electron chi connectivity index (χ2n) is 2.70. The summed E-state index contributed by atoms with van der Waals surface area (Å²) in [6.07, 6.45) is 3.75. The van der Waals surface area contributed by atoms with E-state index in [1.165, 1.54) is 12.8 Å². The lowest BCUT2D eigenvalue weighted by molar-refractivity contribution is -0.120. The zero-order valence-electron chi connectivity index (χ0n) is 6.31. The van der Waals surface area contributed by atoms with E-state index in [0.717, 1.165) is 13.0 Å². The van der Waals surface area contributed by atoms with Crippen LogP contribution in [0.3, 0.4) is 0 Å². The fraction of sp³-hybridized carbons (Fsp3) is 0.857. The lowest BCUT2D eigenvalue weighted by atomic mass is 10.1. The van der Waals surface area contributed by atoms with Crippen molar-refractivity contribution in [1.29, 1.82) is 0 Å². The Morgan fingerprint density at radius 3 is 2.90 bits per heavy atom. The Morgan fingerprint density at radius 2 is 2.40 bits per heavy atom. The fourth-order valence-electron chi connectivity index (χ4n) is 1.22. The van der Waals surface area contributed by atoms with Gasteiger partial charge < -0.3 is 5.32 Å². The van der Waals surface area contributed by atoms with E-state index in [4.69, 9.17) is 0 Å². The summed E-state index contributed by atoms with van der Waals surface area (Å²) in [6.45, 7) is 2.58. The Balaban J connectivity index is 2.19. The van der Waals surface area contributed by atoms with E-state index in [1.807, 2.05) is 0 Å². The molecule has 1 heterocycles. The molecule has 58 valence electrons. The SMILES string of the molecule is CC(=O)NC1CCCCN1. The summed E-state index contributed by atoms with van der Waals surface area (Å²) < 4.78 is 0. The van der Waals surface area contributed by atoms with Gasteiger partial charge in [0.1, 0.15) is 0 Å². The van der Waals surface area contributed by atoms with Crippen LogP contribution in [-0.4, -0.2) is 18.6 Å². The maximum atomic E-state index is 10.6. The second kappa shape index (κ2) is 3.56. The molecule has 0 aliphatic carbocycles. The van der Waals surface area contributed by atoms with Crippen LogP contribution in [0.4, 0.5) is 0 Å². The molecule has 1 fully saturated rings. The molecule has 1 aliphatic heterocycles. The van der Waals surface area contributed by atoms with Gasteiger partial charge in [-0.05, 0) is 25.8 Å². The Kier molecular flexibility index (Phi) is 2.68. The van der Waals surface area contributed by atoms with E-state index in [-0.39, 0.29) is 12.1 Å². The molecule has 0 aromatic heterocycles. The number of hydrogen-bond acceptors (Lipinski definition) is 2. The van der Waals surface area contributed by atoms with Crippen molar-refractivity contribution in [3.05, 3.63) is 0 Å². The maximum Gasteiger partial charge on any atom is 0.218 e. The maximum absolute atomic E-state index is 10.6. The number of rotatable bonds is 1. The van der Waals surface area contributed by atoms with Crippen molar-refractivity contribution < 1.29 is 4.79 Å². The van der Waals surface area contributed by atoms with Gasteiger partial charge in [0.25, 0.3) is 0 Å². The molecule has 2 N–H and O–H groups in total. The normalized spacial score (nSPS) is 25.9. The predicted octanol–water partition coefficient (Wildman–Crippen LogP) is 0.222. The average molecular weight is 142 g/mol. The molecule has 0 aromatic carbocycles. The molecule has 0 radical (unpaired) electrons. The molecule has 3 heteroatoms. The van der Waals surface area contributed by atoms with Gasteiger partial charge in [0.2, 0.25) is 5.91 Å². The lowest BCUT2D eigenvalue weighted by Crippen LogP contribution is -2.47. The van der Waals surface area contributed by atoms with Gasteiger partial charge in [0.05, 0.1) is 6.17 Å². The molecule has 1 saturated heterocycles. The first-order chi connectivity index (χ1) is 4.79. The van der Waals surface area contributed by atoms with E-state index in [9.17, 15) is 4.79 Å². The van der Waals surface area contributed by atoms with Crippen LogP contribution in [-0.2, 0) is 4.79 Å². The van der Waals surface area contributed by atoms with Crippen molar-refractivity contribution in [2.24, 2.45) is 0 Å².